The van der Waals surface area contributed by atoms with Crippen LogP contribution in [0.5, 0.6) is 5.75 Å². The number of benzene rings is 1. The highest BCUT2D eigenvalue weighted by Gasteiger charge is 2.51. The molecule has 0 atom stereocenters. The monoisotopic (exact) mass is 425 g/mol. The molecule has 4 bridgehead atoms. The number of nitrogens with one attached hydrogen (secondary N) is 1. The highest BCUT2D eigenvalue weighted by Crippen LogP contribution is 2.61. The van der Waals surface area contributed by atoms with Gasteiger partial charge in [-0.15, -0.1) is 0 Å². The Morgan fingerprint density at radius 3 is 2.45 bits per heavy atom. The number of carbonyl (C=O) groups is 2. The molecular formula is C24H27NO6. The first-order valence-corrected chi connectivity index (χ1v) is 11.1. The summed E-state index contributed by atoms with van der Waals surface area (Å²) in [6.07, 6.45) is 7.94. The van der Waals surface area contributed by atoms with E-state index in [0.29, 0.717) is 17.4 Å². The van der Waals surface area contributed by atoms with Gasteiger partial charge in [-0.25, -0.2) is 4.79 Å². The molecule has 7 nitrogen and oxygen atoms in total. The summed E-state index contributed by atoms with van der Waals surface area (Å²) in [6.45, 7) is -0.304. The van der Waals surface area contributed by atoms with Crippen LogP contribution >= 0.6 is 0 Å². The first-order chi connectivity index (χ1) is 14.9. The molecule has 4 fully saturated rings. The van der Waals surface area contributed by atoms with E-state index in [1.807, 2.05) is 0 Å². The summed E-state index contributed by atoms with van der Waals surface area (Å²) in [5.74, 6) is 1.68. The molecule has 0 spiro atoms. The fourth-order valence-electron chi connectivity index (χ4n) is 6.63. The van der Waals surface area contributed by atoms with E-state index in [2.05, 4.69) is 5.32 Å². The predicted octanol–water partition coefficient (Wildman–Crippen LogP) is 3.26. The smallest absolute Gasteiger partial charge is 0.336 e. The number of fused-ring (bicyclic) bond motifs is 1. The zero-order chi connectivity index (χ0) is 21.6. The van der Waals surface area contributed by atoms with Gasteiger partial charge in [0.05, 0.1) is 0 Å². The minimum Gasteiger partial charge on any atom is -0.508 e. The minimum atomic E-state index is -0.590. The molecule has 4 saturated carbocycles. The average Bonchev–Trinajstić information content (AvgIpc) is 2.68. The lowest BCUT2D eigenvalue weighted by molar-refractivity contribution is -0.146. The molecule has 164 valence electrons. The maximum atomic E-state index is 12.6. The molecule has 4 aliphatic rings. The number of ether oxygens (including phenoxy) is 1. The Bertz CT molecular complexity index is 1050. The van der Waals surface area contributed by atoms with E-state index in [4.69, 9.17) is 9.15 Å². The standard InChI is InChI=1S/C24H27NO6/c26-18-1-2-19-17(6-22(28)31-20(19)7-18)13-30-23(29)12-25-21(27)11-24-8-14-3-15(9-24)5-16(4-14)10-24/h1-2,6-7,14-16,26H,3-5,8-13H2,(H,25,27). The number of hydrogen-bond acceptors (Lipinski definition) is 6. The molecule has 0 unspecified atom stereocenters. The van der Waals surface area contributed by atoms with E-state index in [9.17, 15) is 19.5 Å². The van der Waals surface area contributed by atoms with E-state index in [1.54, 1.807) is 6.07 Å². The highest BCUT2D eigenvalue weighted by atomic mass is 16.5. The molecule has 0 aliphatic heterocycles. The zero-order valence-corrected chi connectivity index (χ0v) is 17.4. The molecule has 4 aliphatic carbocycles. The number of phenolic OH excluding ortho intramolecular Hbond substituents is 1. The van der Waals surface area contributed by atoms with Crippen molar-refractivity contribution in [2.45, 2.75) is 51.6 Å². The summed E-state index contributed by atoms with van der Waals surface area (Å²) in [5, 5.41) is 12.9. The van der Waals surface area contributed by atoms with Gasteiger partial charge in [0.15, 0.2) is 0 Å². The quantitative estimate of drug-likeness (QED) is 0.544. The second-order valence-corrected chi connectivity index (χ2v) is 9.80. The molecule has 1 amide bonds. The summed E-state index contributed by atoms with van der Waals surface area (Å²) >= 11 is 0. The van der Waals surface area contributed by atoms with Crippen LogP contribution in [0.15, 0.2) is 33.5 Å². The largest absolute Gasteiger partial charge is 0.508 e. The fourth-order valence-corrected chi connectivity index (χ4v) is 6.63. The Morgan fingerprint density at radius 2 is 1.77 bits per heavy atom. The van der Waals surface area contributed by atoms with E-state index in [0.717, 1.165) is 37.0 Å². The second kappa shape index (κ2) is 7.70. The molecule has 0 radical (unpaired) electrons. The lowest BCUT2D eigenvalue weighted by Gasteiger charge is -2.56. The van der Waals surface area contributed by atoms with E-state index in [1.165, 1.54) is 37.5 Å². The van der Waals surface area contributed by atoms with Gasteiger partial charge in [-0.05, 0) is 73.8 Å². The normalized spacial score (nSPS) is 28.6. The van der Waals surface area contributed by atoms with Crippen molar-refractivity contribution >= 4 is 22.8 Å². The molecule has 7 heteroatoms. The van der Waals surface area contributed by atoms with Crippen LogP contribution in [0.4, 0.5) is 0 Å². The van der Waals surface area contributed by atoms with Gasteiger partial charge in [0, 0.05) is 29.5 Å². The second-order valence-electron chi connectivity index (χ2n) is 9.80. The molecule has 1 aromatic heterocycles. The van der Waals surface area contributed by atoms with Crippen molar-refractivity contribution in [2.24, 2.45) is 23.2 Å². The average molecular weight is 425 g/mol. The van der Waals surface area contributed by atoms with Gasteiger partial charge in [0.25, 0.3) is 0 Å². The van der Waals surface area contributed by atoms with Crippen LogP contribution in [0.3, 0.4) is 0 Å². The van der Waals surface area contributed by atoms with Crippen molar-refractivity contribution in [3.8, 4) is 5.75 Å². The van der Waals surface area contributed by atoms with Crippen molar-refractivity contribution in [3.05, 3.63) is 40.2 Å². The number of hydrogen-bond donors (Lipinski definition) is 2. The lowest BCUT2D eigenvalue weighted by Crippen LogP contribution is -2.48. The van der Waals surface area contributed by atoms with Crippen molar-refractivity contribution in [1.29, 1.82) is 0 Å². The van der Waals surface area contributed by atoms with Gasteiger partial charge in [-0.2, -0.15) is 0 Å². The van der Waals surface area contributed by atoms with Crippen molar-refractivity contribution in [1.82, 2.24) is 5.32 Å². The maximum absolute atomic E-state index is 12.6. The third-order valence-corrected chi connectivity index (χ3v) is 7.33. The Labute approximate surface area is 179 Å². The fraction of sp³-hybridized carbons (Fsp3) is 0.542. The van der Waals surface area contributed by atoms with Crippen molar-refractivity contribution < 1.29 is 23.8 Å². The Kier molecular flexibility index (Phi) is 4.99. The Hall–Kier alpha value is -2.83. The summed E-state index contributed by atoms with van der Waals surface area (Å²) in [5.41, 5.74) is 0.251. The first kappa shape index (κ1) is 20.1. The van der Waals surface area contributed by atoms with Gasteiger partial charge in [0.1, 0.15) is 24.5 Å². The van der Waals surface area contributed by atoms with Crippen molar-refractivity contribution in [2.75, 3.05) is 6.54 Å². The third-order valence-electron chi connectivity index (χ3n) is 7.33. The van der Waals surface area contributed by atoms with Crippen LogP contribution in [0, 0.1) is 23.2 Å². The number of aromatic hydroxyl groups is 1. The van der Waals surface area contributed by atoms with Crippen molar-refractivity contribution in [3.63, 3.8) is 0 Å². The summed E-state index contributed by atoms with van der Waals surface area (Å²) in [7, 11) is 0. The van der Waals surface area contributed by atoms with Crippen LogP contribution < -0.4 is 10.9 Å². The highest BCUT2D eigenvalue weighted by molar-refractivity contribution is 5.83. The van der Waals surface area contributed by atoms with Crippen LogP contribution in [0.2, 0.25) is 0 Å². The number of esters is 1. The van der Waals surface area contributed by atoms with Gasteiger partial charge >= 0.3 is 11.6 Å². The number of carbonyl (C=O) groups excluding carboxylic acids is 2. The van der Waals surface area contributed by atoms with Crippen LogP contribution in [0.1, 0.15) is 50.5 Å². The molecule has 6 rings (SSSR count). The van der Waals surface area contributed by atoms with E-state index < -0.39 is 11.6 Å². The van der Waals surface area contributed by atoms with Gasteiger partial charge in [-0.1, -0.05) is 0 Å². The predicted molar refractivity (Wildman–Crippen MR) is 112 cm³/mol. The van der Waals surface area contributed by atoms with Gasteiger partial charge < -0.3 is 19.6 Å². The summed E-state index contributed by atoms with van der Waals surface area (Å²) in [4.78, 5) is 36.5. The third kappa shape index (κ3) is 4.18. The van der Waals surface area contributed by atoms with Crippen LogP contribution in [0.25, 0.3) is 11.0 Å². The van der Waals surface area contributed by atoms with Crippen LogP contribution in [-0.2, 0) is 20.9 Å². The Balaban J connectivity index is 1.15. The van der Waals surface area contributed by atoms with Crippen LogP contribution in [-0.4, -0.2) is 23.5 Å². The lowest BCUT2D eigenvalue weighted by atomic mass is 9.49. The molecule has 2 aromatic rings. The first-order valence-electron chi connectivity index (χ1n) is 11.1. The molecule has 1 heterocycles. The molecule has 0 saturated heterocycles. The Morgan fingerprint density at radius 1 is 1.10 bits per heavy atom. The SMILES string of the molecule is O=C(CC12CC3CC(CC(C3)C1)C2)NCC(=O)OCc1cc(=O)oc2cc(O)ccc12. The summed E-state index contributed by atoms with van der Waals surface area (Å²) < 4.78 is 10.3. The topological polar surface area (TPSA) is 106 Å². The van der Waals surface area contributed by atoms with E-state index in [-0.39, 0.29) is 35.8 Å². The number of phenols is 1. The number of rotatable bonds is 6. The minimum absolute atomic E-state index is 0.0217. The molecule has 31 heavy (non-hydrogen) atoms. The van der Waals surface area contributed by atoms with Gasteiger partial charge in [0.2, 0.25) is 5.91 Å². The van der Waals surface area contributed by atoms with Gasteiger partial charge in [-0.3, -0.25) is 9.59 Å². The summed E-state index contributed by atoms with van der Waals surface area (Å²) in [6, 6.07) is 5.67. The zero-order valence-electron chi connectivity index (χ0n) is 17.4. The molecule has 1 aromatic carbocycles. The maximum Gasteiger partial charge on any atom is 0.336 e. The molecular weight excluding hydrogens is 398 g/mol. The van der Waals surface area contributed by atoms with E-state index >= 15 is 0 Å². The molecule has 2 N–H and O–H groups in total. The number of amides is 1.